The average molecular weight is 296 g/mol. The van der Waals surface area contributed by atoms with Crippen LogP contribution in [0.15, 0.2) is 18.2 Å². The van der Waals surface area contributed by atoms with Crippen LogP contribution in [0.5, 0.6) is 5.75 Å². The van der Waals surface area contributed by atoms with Gasteiger partial charge in [-0.1, -0.05) is 26.0 Å². The first-order valence-electron chi connectivity index (χ1n) is 7.40. The maximum absolute atomic E-state index is 13.9. The Morgan fingerprint density at radius 3 is 2.57 bits per heavy atom. The topological polar surface area (TPSA) is 41.6 Å². The summed E-state index contributed by atoms with van der Waals surface area (Å²) >= 11 is 0. The number of nitrogens with one attached hydrogen (secondary N) is 1. The van der Waals surface area contributed by atoms with Crippen LogP contribution < -0.4 is 10.1 Å². The maximum Gasteiger partial charge on any atom is 0.260 e. The van der Waals surface area contributed by atoms with E-state index in [-0.39, 0.29) is 18.3 Å². The Morgan fingerprint density at radius 1 is 1.33 bits per heavy atom. The second-order valence-corrected chi connectivity index (χ2v) is 5.12. The summed E-state index contributed by atoms with van der Waals surface area (Å²) in [7, 11) is 0. The van der Waals surface area contributed by atoms with Crippen molar-refractivity contribution < 1.29 is 13.9 Å². The van der Waals surface area contributed by atoms with Gasteiger partial charge in [0.25, 0.3) is 5.91 Å². The highest BCUT2D eigenvalue weighted by Crippen LogP contribution is 2.22. The molecule has 0 fully saturated rings. The number of nitrogens with zero attached hydrogens (tertiary/aromatic N) is 1. The molecule has 0 heterocycles. The van der Waals surface area contributed by atoms with E-state index in [1.807, 2.05) is 27.7 Å². The second kappa shape index (κ2) is 8.62. The van der Waals surface area contributed by atoms with Crippen molar-refractivity contribution in [1.29, 1.82) is 0 Å². The molecule has 118 valence electrons. The molecule has 5 heteroatoms. The molecular formula is C16H25FN2O2. The molecule has 0 aliphatic rings. The van der Waals surface area contributed by atoms with Gasteiger partial charge in [-0.15, -0.1) is 0 Å². The molecule has 21 heavy (non-hydrogen) atoms. The molecule has 1 rings (SSSR count). The normalized spacial score (nSPS) is 10.8. The number of rotatable bonds is 8. The second-order valence-electron chi connectivity index (χ2n) is 5.12. The summed E-state index contributed by atoms with van der Waals surface area (Å²) in [6, 6.07) is 5.08. The molecule has 0 unspecified atom stereocenters. The molecule has 0 bridgehead atoms. The Labute approximate surface area is 126 Å². The minimum Gasteiger partial charge on any atom is -0.480 e. The van der Waals surface area contributed by atoms with Crippen molar-refractivity contribution in [3.63, 3.8) is 0 Å². The fraction of sp³-hybridized carbons (Fsp3) is 0.562. The van der Waals surface area contributed by atoms with Crippen LogP contribution >= 0.6 is 0 Å². The molecule has 0 radical (unpaired) electrons. The predicted octanol–water partition coefficient (Wildman–Crippen LogP) is 2.57. The number of benzene rings is 1. The van der Waals surface area contributed by atoms with Crippen LogP contribution in [0, 0.1) is 5.82 Å². The van der Waals surface area contributed by atoms with Gasteiger partial charge in [0.05, 0.1) is 0 Å². The van der Waals surface area contributed by atoms with Crippen LogP contribution in [0.25, 0.3) is 0 Å². The molecule has 4 nitrogen and oxygen atoms in total. The lowest BCUT2D eigenvalue weighted by molar-refractivity contribution is -0.133. The van der Waals surface area contributed by atoms with E-state index in [1.54, 1.807) is 17.0 Å². The highest BCUT2D eigenvalue weighted by atomic mass is 19.1. The van der Waals surface area contributed by atoms with Crippen molar-refractivity contribution in [3.05, 3.63) is 29.6 Å². The van der Waals surface area contributed by atoms with Crippen molar-refractivity contribution in [2.24, 2.45) is 0 Å². The summed E-state index contributed by atoms with van der Waals surface area (Å²) in [5, 5.41) is 3.22. The zero-order valence-electron chi connectivity index (χ0n) is 13.3. The van der Waals surface area contributed by atoms with E-state index < -0.39 is 5.82 Å². The van der Waals surface area contributed by atoms with Crippen LogP contribution in [0.4, 0.5) is 4.39 Å². The van der Waals surface area contributed by atoms with E-state index in [9.17, 15) is 9.18 Å². The Balaban J connectivity index is 2.75. The number of hydrogen-bond acceptors (Lipinski definition) is 3. The third-order valence-electron chi connectivity index (χ3n) is 3.21. The Kier molecular flexibility index (Phi) is 7.15. The van der Waals surface area contributed by atoms with E-state index in [4.69, 9.17) is 4.74 Å². The van der Waals surface area contributed by atoms with Gasteiger partial charge in [0.1, 0.15) is 0 Å². The van der Waals surface area contributed by atoms with E-state index in [1.165, 1.54) is 6.07 Å². The van der Waals surface area contributed by atoms with Crippen molar-refractivity contribution in [2.45, 2.75) is 40.3 Å². The first-order chi connectivity index (χ1) is 9.99. The molecule has 0 aliphatic heterocycles. The van der Waals surface area contributed by atoms with Gasteiger partial charge in [-0.25, -0.2) is 4.39 Å². The lowest BCUT2D eigenvalue weighted by atomic mass is 10.2. The van der Waals surface area contributed by atoms with Gasteiger partial charge in [-0.3, -0.25) is 4.79 Å². The van der Waals surface area contributed by atoms with Gasteiger partial charge in [0.15, 0.2) is 18.2 Å². The summed E-state index contributed by atoms with van der Waals surface area (Å²) in [6.07, 6.45) is 0. The fourth-order valence-electron chi connectivity index (χ4n) is 1.97. The molecule has 0 saturated carbocycles. The number of likely N-dealkylation sites (N-methyl/N-ethyl adjacent to an activating group) is 1. The Morgan fingerprint density at radius 2 is 2.00 bits per heavy atom. The fourth-order valence-corrected chi connectivity index (χ4v) is 1.97. The molecule has 1 N–H and O–H groups in total. The number of carbonyl (C=O) groups excluding carboxylic acids is 1. The van der Waals surface area contributed by atoms with E-state index >= 15 is 0 Å². The molecule has 0 spiro atoms. The number of halogens is 1. The first-order valence-corrected chi connectivity index (χ1v) is 7.40. The minimum absolute atomic E-state index is 0.133. The van der Waals surface area contributed by atoms with Crippen LogP contribution in [-0.4, -0.2) is 36.5 Å². The van der Waals surface area contributed by atoms with E-state index in [0.29, 0.717) is 25.7 Å². The maximum atomic E-state index is 13.9. The third-order valence-corrected chi connectivity index (χ3v) is 3.21. The SMILES string of the molecule is CCN(CC)C(=O)COc1c(F)cccc1CNC(C)C. The first kappa shape index (κ1) is 17.4. The smallest absolute Gasteiger partial charge is 0.260 e. The average Bonchev–Trinajstić information content (AvgIpc) is 2.45. The molecule has 1 aromatic rings. The van der Waals surface area contributed by atoms with Gasteiger partial charge in [-0.2, -0.15) is 0 Å². The Hall–Kier alpha value is -1.62. The monoisotopic (exact) mass is 296 g/mol. The van der Waals surface area contributed by atoms with Crippen molar-refractivity contribution in [2.75, 3.05) is 19.7 Å². The zero-order valence-corrected chi connectivity index (χ0v) is 13.3. The summed E-state index contributed by atoms with van der Waals surface area (Å²) in [5.41, 5.74) is 0.719. The lowest BCUT2D eigenvalue weighted by Gasteiger charge is -2.20. The van der Waals surface area contributed by atoms with Gasteiger partial charge >= 0.3 is 0 Å². The van der Waals surface area contributed by atoms with Gasteiger partial charge in [0.2, 0.25) is 0 Å². The largest absolute Gasteiger partial charge is 0.480 e. The van der Waals surface area contributed by atoms with Crippen LogP contribution in [-0.2, 0) is 11.3 Å². The number of para-hydroxylation sites is 1. The molecule has 1 aromatic carbocycles. The molecule has 0 saturated heterocycles. The van der Waals surface area contributed by atoms with Crippen molar-refractivity contribution in [3.8, 4) is 5.75 Å². The van der Waals surface area contributed by atoms with Gasteiger partial charge in [-0.05, 0) is 19.9 Å². The standard InChI is InChI=1S/C16H25FN2O2/c1-5-19(6-2)15(20)11-21-16-13(10-18-12(3)4)8-7-9-14(16)17/h7-9,12,18H,5-6,10-11H2,1-4H3. The molecule has 0 aliphatic carbocycles. The summed E-state index contributed by atoms with van der Waals surface area (Å²) in [4.78, 5) is 13.6. The van der Waals surface area contributed by atoms with Gasteiger partial charge < -0.3 is 15.0 Å². The van der Waals surface area contributed by atoms with E-state index in [0.717, 1.165) is 5.56 Å². The van der Waals surface area contributed by atoms with E-state index in [2.05, 4.69) is 5.32 Å². The number of amides is 1. The zero-order chi connectivity index (χ0) is 15.8. The summed E-state index contributed by atoms with van der Waals surface area (Å²) < 4.78 is 19.4. The third kappa shape index (κ3) is 5.34. The summed E-state index contributed by atoms with van der Waals surface area (Å²) in [6.45, 7) is 9.45. The van der Waals surface area contributed by atoms with Crippen LogP contribution in [0.1, 0.15) is 33.3 Å². The van der Waals surface area contributed by atoms with Crippen LogP contribution in [0.2, 0.25) is 0 Å². The van der Waals surface area contributed by atoms with Crippen molar-refractivity contribution >= 4 is 5.91 Å². The number of carbonyl (C=O) groups is 1. The van der Waals surface area contributed by atoms with Crippen molar-refractivity contribution in [1.82, 2.24) is 10.2 Å². The molecule has 1 amide bonds. The number of ether oxygens (including phenoxy) is 1. The Bertz CT molecular complexity index is 460. The van der Waals surface area contributed by atoms with Gasteiger partial charge in [0, 0.05) is 31.2 Å². The molecule has 0 aromatic heterocycles. The highest BCUT2D eigenvalue weighted by molar-refractivity contribution is 5.77. The molecular weight excluding hydrogens is 271 g/mol. The van der Waals surface area contributed by atoms with Crippen LogP contribution in [0.3, 0.4) is 0 Å². The number of hydrogen-bond donors (Lipinski definition) is 1. The minimum atomic E-state index is -0.439. The highest BCUT2D eigenvalue weighted by Gasteiger charge is 2.14. The summed E-state index contributed by atoms with van der Waals surface area (Å²) in [5.74, 6) is -0.414. The lowest BCUT2D eigenvalue weighted by Crippen LogP contribution is -2.34. The molecule has 0 atom stereocenters. The predicted molar refractivity (Wildman–Crippen MR) is 81.8 cm³/mol. The quantitative estimate of drug-likeness (QED) is 0.801.